The summed E-state index contributed by atoms with van der Waals surface area (Å²) in [5.74, 6) is 0. The molecule has 0 radical (unpaired) electrons. The fourth-order valence-electron chi connectivity index (χ4n) is 3.62. The molecule has 2 nitrogen and oxygen atoms in total. The smallest absolute Gasteiger partial charge is 0.0414 e. The highest BCUT2D eigenvalue weighted by atomic mass is 15.2. The van der Waals surface area contributed by atoms with Crippen LogP contribution in [0.25, 0.3) is 0 Å². The third kappa shape index (κ3) is 2.85. The summed E-state index contributed by atoms with van der Waals surface area (Å²) >= 11 is 0. The average Bonchev–Trinajstić information content (AvgIpc) is 2.94. The van der Waals surface area contributed by atoms with Crippen LogP contribution < -0.4 is 10.2 Å². The Hall–Kier alpha value is -1.02. The fourth-order valence-corrected chi connectivity index (χ4v) is 3.62. The minimum atomic E-state index is 0.462. The summed E-state index contributed by atoms with van der Waals surface area (Å²) in [7, 11) is 2.07. The topological polar surface area (TPSA) is 15.3 Å². The van der Waals surface area contributed by atoms with Gasteiger partial charge in [0.25, 0.3) is 0 Å². The van der Waals surface area contributed by atoms with Crippen LogP contribution in [-0.4, -0.2) is 20.1 Å². The second-order valence-electron chi connectivity index (χ2n) is 6.19. The third-order valence-corrected chi connectivity index (χ3v) is 5.35. The zero-order valence-corrected chi connectivity index (χ0v) is 13.6. The molecule has 1 unspecified atom stereocenters. The van der Waals surface area contributed by atoms with Crippen LogP contribution in [-0.2, 0) is 0 Å². The summed E-state index contributed by atoms with van der Waals surface area (Å²) in [6.07, 6.45) is 5.07. The second kappa shape index (κ2) is 6.62. The molecular weight excluding hydrogens is 244 g/mol. The number of nitrogens with zero attached hydrogens (tertiary/aromatic N) is 1. The first-order valence-corrected chi connectivity index (χ1v) is 8.20. The van der Waals surface area contributed by atoms with Gasteiger partial charge in [0.05, 0.1) is 0 Å². The number of nitrogens with one attached hydrogen (secondary N) is 1. The minimum Gasteiger partial charge on any atom is -0.371 e. The van der Waals surface area contributed by atoms with Gasteiger partial charge in [0.15, 0.2) is 0 Å². The molecule has 1 aliphatic rings. The van der Waals surface area contributed by atoms with E-state index in [0.29, 0.717) is 11.5 Å². The lowest BCUT2D eigenvalue weighted by atomic mass is 9.82. The van der Waals surface area contributed by atoms with Crippen molar-refractivity contribution in [2.24, 2.45) is 5.41 Å². The zero-order valence-electron chi connectivity index (χ0n) is 13.6. The highest BCUT2D eigenvalue weighted by molar-refractivity contribution is 5.56. The van der Waals surface area contributed by atoms with E-state index < -0.39 is 0 Å². The van der Waals surface area contributed by atoms with Crippen molar-refractivity contribution in [3.63, 3.8) is 0 Å². The molecule has 0 spiro atoms. The summed E-state index contributed by atoms with van der Waals surface area (Å²) < 4.78 is 0. The summed E-state index contributed by atoms with van der Waals surface area (Å²) in [4.78, 5) is 2.61. The van der Waals surface area contributed by atoms with Gasteiger partial charge in [0, 0.05) is 24.8 Å². The molecule has 2 heteroatoms. The van der Waals surface area contributed by atoms with Gasteiger partial charge in [0.1, 0.15) is 0 Å². The highest BCUT2D eigenvalue weighted by Crippen LogP contribution is 2.40. The third-order valence-electron chi connectivity index (χ3n) is 5.35. The molecule has 0 aromatic heterocycles. The van der Waals surface area contributed by atoms with Gasteiger partial charge in [-0.15, -0.1) is 0 Å². The van der Waals surface area contributed by atoms with Crippen molar-refractivity contribution < 1.29 is 0 Å². The molecule has 1 heterocycles. The lowest BCUT2D eigenvalue weighted by Gasteiger charge is -2.29. The first kappa shape index (κ1) is 15.4. The SMILES string of the molecule is CCC(NC)c1ccccc1N1CCC(CC)(CC)C1. The number of anilines is 1. The number of hydrogen-bond acceptors (Lipinski definition) is 2. The summed E-state index contributed by atoms with van der Waals surface area (Å²) in [6, 6.07) is 9.40. The van der Waals surface area contributed by atoms with E-state index in [4.69, 9.17) is 0 Å². The lowest BCUT2D eigenvalue weighted by molar-refractivity contribution is 0.301. The van der Waals surface area contributed by atoms with Crippen molar-refractivity contribution in [1.29, 1.82) is 0 Å². The van der Waals surface area contributed by atoms with Crippen LogP contribution in [0.2, 0.25) is 0 Å². The van der Waals surface area contributed by atoms with Crippen molar-refractivity contribution in [3.8, 4) is 0 Å². The van der Waals surface area contributed by atoms with Gasteiger partial charge in [-0.2, -0.15) is 0 Å². The fraction of sp³-hybridized carbons (Fsp3) is 0.667. The first-order valence-electron chi connectivity index (χ1n) is 8.20. The van der Waals surface area contributed by atoms with Crippen LogP contribution >= 0.6 is 0 Å². The molecule has 20 heavy (non-hydrogen) atoms. The van der Waals surface area contributed by atoms with Crippen molar-refractivity contribution in [2.45, 2.75) is 52.5 Å². The average molecular weight is 274 g/mol. The van der Waals surface area contributed by atoms with Crippen molar-refractivity contribution in [3.05, 3.63) is 29.8 Å². The van der Waals surface area contributed by atoms with Crippen molar-refractivity contribution in [2.75, 3.05) is 25.0 Å². The van der Waals surface area contributed by atoms with E-state index in [-0.39, 0.29) is 0 Å². The van der Waals surface area contributed by atoms with Crippen molar-refractivity contribution in [1.82, 2.24) is 5.32 Å². The van der Waals surface area contributed by atoms with E-state index in [2.05, 4.69) is 62.3 Å². The Morgan fingerprint density at radius 3 is 2.45 bits per heavy atom. The van der Waals surface area contributed by atoms with Gasteiger partial charge < -0.3 is 10.2 Å². The molecule has 0 aliphatic carbocycles. The normalized spacial score (nSPS) is 19.3. The van der Waals surface area contributed by atoms with E-state index in [1.54, 1.807) is 0 Å². The standard InChI is InChI=1S/C18H30N2/c1-5-16(19-4)15-10-8-9-11-17(15)20-13-12-18(6-2,7-3)14-20/h8-11,16,19H,5-7,12-14H2,1-4H3. The van der Waals surface area contributed by atoms with E-state index >= 15 is 0 Å². The van der Waals surface area contributed by atoms with Gasteiger partial charge in [-0.25, -0.2) is 0 Å². The molecule has 2 rings (SSSR count). The Morgan fingerprint density at radius 1 is 1.20 bits per heavy atom. The molecule has 0 bridgehead atoms. The zero-order chi connectivity index (χ0) is 14.6. The van der Waals surface area contributed by atoms with Crippen molar-refractivity contribution >= 4 is 5.69 Å². The quantitative estimate of drug-likeness (QED) is 0.828. The van der Waals surface area contributed by atoms with Crippen LogP contribution in [0.4, 0.5) is 5.69 Å². The molecule has 112 valence electrons. The molecule has 1 N–H and O–H groups in total. The first-order chi connectivity index (χ1) is 9.69. The molecule has 1 atom stereocenters. The molecule has 1 aromatic rings. The monoisotopic (exact) mass is 274 g/mol. The maximum atomic E-state index is 3.45. The molecular formula is C18H30N2. The second-order valence-corrected chi connectivity index (χ2v) is 6.19. The van der Waals surface area contributed by atoms with E-state index in [0.717, 1.165) is 6.42 Å². The summed E-state index contributed by atoms with van der Waals surface area (Å²) in [6.45, 7) is 9.38. The van der Waals surface area contributed by atoms with Gasteiger partial charge in [-0.05, 0) is 49.8 Å². The number of benzene rings is 1. The molecule has 1 fully saturated rings. The Balaban J connectivity index is 2.26. The number of hydrogen-bond donors (Lipinski definition) is 1. The number of rotatable bonds is 6. The summed E-state index contributed by atoms with van der Waals surface area (Å²) in [5.41, 5.74) is 3.44. The van der Waals surface area contributed by atoms with E-state index in [1.807, 2.05) is 0 Å². The van der Waals surface area contributed by atoms with Crippen LogP contribution in [0.3, 0.4) is 0 Å². The van der Waals surface area contributed by atoms with E-state index in [9.17, 15) is 0 Å². The molecule has 0 saturated carbocycles. The summed E-state index contributed by atoms with van der Waals surface area (Å²) in [5, 5.41) is 3.45. The molecule has 0 amide bonds. The van der Waals surface area contributed by atoms with Crippen LogP contribution in [0.5, 0.6) is 0 Å². The van der Waals surface area contributed by atoms with Crippen LogP contribution in [0.1, 0.15) is 58.1 Å². The van der Waals surface area contributed by atoms with Crippen LogP contribution in [0.15, 0.2) is 24.3 Å². The minimum absolute atomic E-state index is 0.462. The maximum Gasteiger partial charge on any atom is 0.0414 e. The Labute approximate surface area is 124 Å². The highest BCUT2D eigenvalue weighted by Gasteiger charge is 2.35. The number of para-hydroxylation sites is 1. The van der Waals surface area contributed by atoms with Gasteiger partial charge in [0.2, 0.25) is 0 Å². The molecule has 1 aliphatic heterocycles. The Kier molecular flexibility index (Phi) is 5.09. The Morgan fingerprint density at radius 2 is 1.90 bits per heavy atom. The van der Waals surface area contributed by atoms with Crippen LogP contribution in [0, 0.1) is 5.41 Å². The Bertz CT molecular complexity index is 419. The largest absolute Gasteiger partial charge is 0.371 e. The maximum absolute atomic E-state index is 3.45. The predicted molar refractivity (Wildman–Crippen MR) is 88.4 cm³/mol. The predicted octanol–water partition coefficient (Wildman–Crippen LogP) is 4.37. The van der Waals surface area contributed by atoms with Gasteiger partial charge in [-0.3, -0.25) is 0 Å². The lowest BCUT2D eigenvalue weighted by Crippen LogP contribution is -2.28. The molecule has 1 saturated heterocycles. The van der Waals surface area contributed by atoms with E-state index in [1.165, 1.54) is 43.6 Å². The van der Waals surface area contributed by atoms with Gasteiger partial charge in [-0.1, -0.05) is 39.0 Å². The molecule has 1 aromatic carbocycles. The van der Waals surface area contributed by atoms with Gasteiger partial charge >= 0.3 is 0 Å².